The third-order valence-corrected chi connectivity index (χ3v) is 12.1. The third-order valence-electron chi connectivity index (χ3n) is 11.1. The number of rotatable bonds is 45. The molecular weight excluding hydrogens is 756 g/mol. The molecule has 0 spiro atoms. The van der Waals surface area contributed by atoms with E-state index in [9.17, 15) is 19.4 Å². The van der Waals surface area contributed by atoms with Crippen molar-refractivity contribution >= 4 is 13.7 Å². The first-order valence-electron chi connectivity index (χ1n) is 24.9. The molecule has 0 aromatic heterocycles. The Kier molecular flexibility index (Phi) is 41.1. The van der Waals surface area contributed by atoms with Crippen LogP contribution in [0, 0.1) is 0 Å². The molecule has 0 bridgehead atoms. The number of phosphoric acid groups is 1. The maximum absolute atomic E-state index is 12.9. The zero-order valence-electron chi connectivity index (χ0n) is 39.5. The van der Waals surface area contributed by atoms with Crippen LogP contribution in [0.1, 0.15) is 226 Å². The van der Waals surface area contributed by atoms with E-state index in [0.29, 0.717) is 17.4 Å². The van der Waals surface area contributed by atoms with Crippen LogP contribution in [0.25, 0.3) is 0 Å². The standard InChI is InChI=1S/C50H97N2O6P/c1-6-8-10-12-14-16-18-20-22-24-25-26-27-28-30-32-34-36-38-40-42-44-50(54)51-48(47-58-59(55,56)57-46-45-52(3,4)5)49(53)43-41-39-37-35-33-31-29-23-21-19-17-15-13-11-9-7-2/h20,22,33,35,41,43,48-49,53H,6-19,21,23-32,34,36-40,42,44-47H2,1-5H3,(H-,51,54,55,56)/p+1/b22-20+,35-33+,43-41+/t48-,49+/m0/s1. The Morgan fingerprint density at radius 1 is 0.559 bits per heavy atom. The largest absolute Gasteiger partial charge is 0.472 e. The predicted molar refractivity (Wildman–Crippen MR) is 254 cm³/mol. The molecule has 348 valence electrons. The number of allylic oxidation sites excluding steroid dienone is 5. The zero-order chi connectivity index (χ0) is 43.6. The van der Waals surface area contributed by atoms with Crippen molar-refractivity contribution in [3.63, 3.8) is 0 Å². The van der Waals surface area contributed by atoms with Crippen molar-refractivity contribution in [3.05, 3.63) is 36.5 Å². The van der Waals surface area contributed by atoms with Crippen LogP contribution in [-0.2, 0) is 18.4 Å². The summed E-state index contributed by atoms with van der Waals surface area (Å²) in [7, 11) is 1.56. The van der Waals surface area contributed by atoms with Gasteiger partial charge in [0, 0.05) is 6.42 Å². The summed E-state index contributed by atoms with van der Waals surface area (Å²) < 4.78 is 23.6. The molecule has 0 heterocycles. The normalized spacial score (nSPS) is 14.5. The van der Waals surface area contributed by atoms with Crippen LogP contribution < -0.4 is 5.32 Å². The van der Waals surface area contributed by atoms with Gasteiger partial charge >= 0.3 is 7.82 Å². The number of aliphatic hydroxyl groups excluding tert-OH is 1. The van der Waals surface area contributed by atoms with E-state index in [1.807, 2.05) is 27.2 Å². The third kappa shape index (κ3) is 44.6. The van der Waals surface area contributed by atoms with Crippen molar-refractivity contribution in [2.75, 3.05) is 40.9 Å². The van der Waals surface area contributed by atoms with Gasteiger partial charge in [-0.15, -0.1) is 0 Å². The summed E-state index contributed by atoms with van der Waals surface area (Å²) in [5.74, 6) is -0.187. The Bertz CT molecular complexity index is 1060. The highest BCUT2D eigenvalue weighted by Crippen LogP contribution is 2.43. The maximum Gasteiger partial charge on any atom is 0.472 e. The molecule has 0 saturated carbocycles. The van der Waals surface area contributed by atoms with E-state index in [0.717, 1.165) is 38.5 Å². The van der Waals surface area contributed by atoms with E-state index in [-0.39, 0.29) is 19.1 Å². The Labute approximate surface area is 366 Å². The van der Waals surface area contributed by atoms with Gasteiger partial charge in [0.1, 0.15) is 13.2 Å². The van der Waals surface area contributed by atoms with Gasteiger partial charge in [0.25, 0.3) is 0 Å². The average molecular weight is 854 g/mol. The van der Waals surface area contributed by atoms with Gasteiger partial charge in [-0.25, -0.2) is 4.57 Å². The molecule has 1 amide bonds. The van der Waals surface area contributed by atoms with Crippen molar-refractivity contribution < 1.29 is 32.9 Å². The fourth-order valence-corrected chi connectivity index (χ4v) is 7.85. The van der Waals surface area contributed by atoms with E-state index in [4.69, 9.17) is 9.05 Å². The lowest BCUT2D eigenvalue weighted by atomic mass is 10.0. The molecule has 0 saturated heterocycles. The smallest absolute Gasteiger partial charge is 0.387 e. The van der Waals surface area contributed by atoms with Gasteiger partial charge in [-0.2, -0.15) is 0 Å². The second-order valence-corrected chi connectivity index (χ2v) is 19.6. The molecular formula is C50H98N2O6P+. The summed E-state index contributed by atoms with van der Waals surface area (Å²) in [6.07, 6.45) is 52.2. The molecule has 0 aliphatic carbocycles. The van der Waals surface area contributed by atoms with Crippen LogP contribution in [0.15, 0.2) is 36.5 Å². The number of likely N-dealkylation sites (N-methyl/N-ethyl adjacent to an activating group) is 1. The fraction of sp³-hybridized carbons (Fsp3) is 0.860. The molecule has 0 aliphatic heterocycles. The summed E-state index contributed by atoms with van der Waals surface area (Å²) in [5.41, 5.74) is 0. The van der Waals surface area contributed by atoms with Crippen LogP contribution in [0.3, 0.4) is 0 Å². The van der Waals surface area contributed by atoms with E-state index in [2.05, 4.69) is 43.5 Å². The van der Waals surface area contributed by atoms with Gasteiger partial charge in [-0.3, -0.25) is 13.8 Å². The van der Waals surface area contributed by atoms with Crippen LogP contribution in [0.2, 0.25) is 0 Å². The second-order valence-electron chi connectivity index (χ2n) is 18.2. The lowest BCUT2D eigenvalue weighted by Crippen LogP contribution is -2.45. The monoisotopic (exact) mass is 854 g/mol. The summed E-state index contributed by atoms with van der Waals surface area (Å²) in [4.78, 5) is 23.2. The average Bonchev–Trinajstić information content (AvgIpc) is 3.19. The minimum absolute atomic E-state index is 0.0565. The van der Waals surface area contributed by atoms with Crippen molar-refractivity contribution in [2.45, 2.75) is 238 Å². The Morgan fingerprint density at radius 3 is 1.36 bits per heavy atom. The predicted octanol–water partition coefficient (Wildman–Crippen LogP) is 14.3. The van der Waals surface area contributed by atoms with Gasteiger partial charge < -0.3 is 19.8 Å². The Hall–Kier alpha value is -1.28. The molecule has 9 heteroatoms. The summed E-state index contributed by atoms with van der Waals surface area (Å²) in [5, 5.41) is 13.8. The summed E-state index contributed by atoms with van der Waals surface area (Å²) in [6.45, 7) is 4.80. The second kappa shape index (κ2) is 42.0. The lowest BCUT2D eigenvalue weighted by molar-refractivity contribution is -0.870. The molecule has 0 aromatic rings. The quantitative estimate of drug-likeness (QED) is 0.0244. The summed E-state index contributed by atoms with van der Waals surface area (Å²) in [6, 6.07) is -0.862. The van der Waals surface area contributed by atoms with Crippen molar-refractivity contribution in [3.8, 4) is 0 Å². The Balaban J connectivity index is 4.34. The number of carbonyl (C=O) groups excluding carboxylic acids is 1. The first-order valence-corrected chi connectivity index (χ1v) is 26.4. The minimum Gasteiger partial charge on any atom is -0.387 e. The van der Waals surface area contributed by atoms with Crippen LogP contribution >= 0.6 is 7.82 Å². The highest BCUT2D eigenvalue weighted by molar-refractivity contribution is 7.47. The molecule has 0 radical (unpaired) electrons. The molecule has 0 fully saturated rings. The zero-order valence-corrected chi connectivity index (χ0v) is 40.4. The number of aliphatic hydroxyl groups is 1. The molecule has 0 aliphatic rings. The molecule has 8 nitrogen and oxygen atoms in total. The van der Waals surface area contributed by atoms with Gasteiger partial charge in [0.15, 0.2) is 0 Å². The number of hydrogen-bond donors (Lipinski definition) is 3. The molecule has 59 heavy (non-hydrogen) atoms. The topological polar surface area (TPSA) is 105 Å². The van der Waals surface area contributed by atoms with Crippen LogP contribution in [0.4, 0.5) is 0 Å². The van der Waals surface area contributed by atoms with Crippen molar-refractivity contribution in [1.82, 2.24) is 5.32 Å². The number of phosphoric ester groups is 1. The molecule has 0 rings (SSSR count). The minimum atomic E-state index is -4.35. The number of quaternary nitrogens is 1. The molecule has 3 atom stereocenters. The number of nitrogens with zero attached hydrogens (tertiary/aromatic N) is 1. The number of nitrogens with one attached hydrogen (secondary N) is 1. The number of carbonyl (C=O) groups is 1. The molecule has 3 N–H and O–H groups in total. The van der Waals surface area contributed by atoms with Gasteiger partial charge in [0.2, 0.25) is 5.91 Å². The highest BCUT2D eigenvalue weighted by Gasteiger charge is 2.27. The number of hydrogen-bond acceptors (Lipinski definition) is 5. The van der Waals surface area contributed by atoms with Gasteiger partial charge in [-0.1, -0.05) is 198 Å². The summed E-state index contributed by atoms with van der Waals surface area (Å²) >= 11 is 0. The maximum atomic E-state index is 12.9. The fourth-order valence-electron chi connectivity index (χ4n) is 7.11. The molecule has 1 unspecified atom stereocenters. The van der Waals surface area contributed by atoms with Crippen molar-refractivity contribution in [1.29, 1.82) is 0 Å². The number of unbranched alkanes of at least 4 members (excludes halogenated alkanes) is 28. The van der Waals surface area contributed by atoms with Crippen LogP contribution in [-0.4, -0.2) is 73.4 Å². The van der Waals surface area contributed by atoms with E-state index in [1.165, 1.54) is 167 Å². The van der Waals surface area contributed by atoms with Gasteiger partial charge in [0.05, 0.1) is 39.9 Å². The van der Waals surface area contributed by atoms with E-state index >= 15 is 0 Å². The van der Waals surface area contributed by atoms with Crippen molar-refractivity contribution in [2.24, 2.45) is 0 Å². The molecule has 0 aromatic carbocycles. The van der Waals surface area contributed by atoms with E-state index in [1.54, 1.807) is 6.08 Å². The van der Waals surface area contributed by atoms with Crippen LogP contribution in [0.5, 0.6) is 0 Å². The van der Waals surface area contributed by atoms with Gasteiger partial charge in [-0.05, 0) is 57.8 Å². The Morgan fingerprint density at radius 2 is 0.932 bits per heavy atom. The SMILES string of the molecule is CCCCCCCC/C=C/CCCCCCCCCCCCCC(=O)N[C@@H](COP(=O)(O)OCC[N+](C)(C)C)[C@H](O)/C=C/CC/C=C/CCCCCCCCCCCC. The first-order chi connectivity index (χ1) is 28.5. The lowest BCUT2D eigenvalue weighted by Gasteiger charge is -2.25. The van der Waals surface area contributed by atoms with E-state index < -0.39 is 20.0 Å². The highest BCUT2D eigenvalue weighted by atomic mass is 31.2. The number of amides is 1. The first kappa shape index (κ1) is 57.7.